The molecular formula is C26H31N3O5. The van der Waals surface area contributed by atoms with Gasteiger partial charge in [0.2, 0.25) is 0 Å². The highest BCUT2D eigenvalue weighted by molar-refractivity contribution is 6.00. The highest BCUT2D eigenvalue weighted by Gasteiger charge is 2.42. The number of H-pyrrole nitrogens is 1. The minimum Gasteiger partial charge on any atom is -0.507 e. The molecule has 1 atom stereocenters. The number of nitrogens with one attached hydrogen (secondary N) is 1. The van der Waals surface area contributed by atoms with Gasteiger partial charge in [-0.05, 0) is 49.6 Å². The number of amides is 1. The molecule has 0 saturated carbocycles. The lowest BCUT2D eigenvalue weighted by atomic mass is 9.95. The van der Waals surface area contributed by atoms with Crippen LogP contribution in [-0.2, 0) is 0 Å². The summed E-state index contributed by atoms with van der Waals surface area (Å²) in [5, 5.41) is 27.2. The second-order valence-electron chi connectivity index (χ2n) is 8.20. The van der Waals surface area contributed by atoms with Crippen LogP contribution in [0.4, 0.5) is 0 Å². The second kappa shape index (κ2) is 10.6. The van der Waals surface area contributed by atoms with Gasteiger partial charge >= 0.3 is 0 Å². The number of unbranched alkanes of at least 4 members (excludes halogenated alkanes) is 1. The summed E-state index contributed by atoms with van der Waals surface area (Å²) in [5.41, 5.74) is 3.01. The van der Waals surface area contributed by atoms with Crippen LogP contribution in [0.2, 0.25) is 0 Å². The molecule has 1 unspecified atom stereocenters. The first kappa shape index (κ1) is 23.6. The van der Waals surface area contributed by atoms with Crippen LogP contribution in [-0.4, -0.2) is 57.6 Å². The molecular weight excluding hydrogens is 434 g/mol. The van der Waals surface area contributed by atoms with E-state index in [1.165, 1.54) is 0 Å². The Morgan fingerprint density at radius 2 is 1.91 bits per heavy atom. The van der Waals surface area contributed by atoms with E-state index in [9.17, 15) is 15.0 Å². The number of hydrogen-bond donors (Lipinski definition) is 3. The number of rotatable bonds is 11. The number of fused-ring (bicyclic) bond motifs is 1. The smallest absolute Gasteiger partial charge is 0.273 e. The van der Waals surface area contributed by atoms with Crippen LogP contribution in [0.15, 0.2) is 42.5 Å². The quantitative estimate of drug-likeness (QED) is 0.365. The summed E-state index contributed by atoms with van der Waals surface area (Å²) in [7, 11) is 0. The number of benzene rings is 2. The fraction of sp³-hybridized carbons (Fsp3) is 0.385. The minimum absolute atomic E-state index is 0.0244. The van der Waals surface area contributed by atoms with E-state index in [4.69, 9.17) is 9.47 Å². The van der Waals surface area contributed by atoms with Crippen molar-refractivity contribution in [1.82, 2.24) is 15.1 Å². The van der Waals surface area contributed by atoms with E-state index < -0.39 is 6.04 Å². The topological polar surface area (TPSA) is 108 Å². The zero-order valence-electron chi connectivity index (χ0n) is 19.6. The molecule has 34 heavy (non-hydrogen) atoms. The number of nitrogens with zero attached hydrogens (tertiary/aromatic N) is 2. The van der Waals surface area contributed by atoms with Crippen molar-refractivity contribution in [2.24, 2.45) is 0 Å². The standard InChI is InChI=1S/C26H31N3O5/c1-3-5-15-34-20-12-11-17(16-21(20)33-4-2)25-22-23(18-9-6-7-10-19(18)31)27-28-24(22)26(32)29(25)13-8-14-30/h6-7,9-12,16,25,30-31H,3-5,8,13-15H2,1-2H3,(H,27,28). The van der Waals surface area contributed by atoms with Crippen molar-refractivity contribution in [3.05, 3.63) is 59.3 Å². The molecule has 180 valence electrons. The van der Waals surface area contributed by atoms with Crippen LogP contribution >= 0.6 is 0 Å². The van der Waals surface area contributed by atoms with Crippen LogP contribution in [0.1, 0.15) is 60.8 Å². The van der Waals surface area contributed by atoms with E-state index in [2.05, 4.69) is 17.1 Å². The highest BCUT2D eigenvalue weighted by Crippen LogP contribution is 2.45. The lowest BCUT2D eigenvalue weighted by Crippen LogP contribution is -2.31. The molecule has 2 heterocycles. The zero-order valence-corrected chi connectivity index (χ0v) is 19.6. The molecule has 4 rings (SSSR count). The molecule has 8 heteroatoms. The molecule has 0 aliphatic carbocycles. The third-order valence-corrected chi connectivity index (χ3v) is 5.92. The van der Waals surface area contributed by atoms with E-state index in [1.807, 2.05) is 31.2 Å². The maximum Gasteiger partial charge on any atom is 0.273 e. The van der Waals surface area contributed by atoms with E-state index >= 15 is 0 Å². The second-order valence-corrected chi connectivity index (χ2v) is 8.20. The molecule has 3 N–H and O–H groups in total. The molecule has 8 nitrogen and oxygen atoms in total. The first-order valence-corrected chi connectivity index (χ1v) is 11.8. The lowest BCUT2D eigenvalue weighted by Gasteiger charge is -2.27. The fourth-order valence-electron chi connectivity index (χ4n) is 4.30. The van der Waals surface area contributed by atoms with Gasteiger partial charge in [0.25, 0.3) is 5.91 Å². The van der Waals surface area contributed by atoms with Crippen molar-refractivity contribution >= 4 is 5.91 Å². The summed E-state index contributed by atoms with van der Waals surface area (Å²) in [4.78, 5) is 15.0. The number of carbonyl (C=O) groups is 1. The van der Waals surface area contributed by atoms with Crippen LogP contribution < -0.4 is 9.47 Å². The molecule has 1 aromatic heterocycles. The van der Waals surface area contributed by atoms with Gasteiger partial charge in [-0.15, -0.1) is 0 Å². The van der Waals surface area contributed by atoms with Gasteiger partial charge in [-0.2, -0.15) is 5.10 Å². The average Bonchev–Trinajstić information content (AvgIpc) is 3.38. The number of para-hydroxylation sites is 1. The summed E-state index contributed by atoms with van der Waals surface area (Å²) in [6.07, 6.45) is 2.43. The van der Waals surface area contributed by atoms with Crippen molar-refractivity contribution in [3.8, 4) is 28.5 Å². The number of aliphatic hydroxyl groups is 1. The Morgan fingerprint density at radius 1 is 1.09 bits per heavy atom. The summed E-state index contributed by atoms with van der Waals surface area (Å²) in [6.45, 7) is 5.46. The summed E-state index contributed by atoms with van der Waals surface area (Å²) >= 11 is 0. The van der Waals surface area contributed by atoms with Crippen molar-refractivity contribution < 1.29 is 24.5 Å². The summed E-state index contributed by atoms with van der Waals surface area (Å²) < 4.78 is 11.8. The van der Waals surface area contributed by atoms with E-state index in [0.717, 1.165) is 18.4 Å². The third kappa shape index (κ3) is 4.46. The first-order valence-electron chi connectivity index (χ1n) is 11.8. The van der Waals surface area contributed by atoms with Gasteiger partial charge in [-0.3, -0.25) is 9.89 Å². The normalized spacial score (nSPS) is 15.0. The van der Waals surface area contributed by atoms with Gasteiger partial charge < -0.3 is 24.6 Å². The van der Waals surface area contributed by atoms with Crippen LogP contribution in [0.25, 0.3) is 11.3 Å². The molecule has 1 amide bonds. The molecule has 0 spiro atoms. The number of aromatic nitrogens is 2. The fourth-order valence-corrected chi connectivity index (χ4v) is 4.30. The first-order chi connectivity index (χ1) is 16.6. The Balaban J connectivity index is 1.81. The molecule has 3 aromatic rings. The van der Waals surface area contributed by atoms with Crippen LogP contribution in [0.5, 0.6) is 17.2 Å². The number of carbonyl (C=O) groups excluding carboxylic acids is 1. The van der Waals surface area contributed by atoms with Gasteiger partial charge in [0.1, 0.15) is 17.1 Å². The molecule has 0 radical (unpaired) electrons. The van der Waals surface area contributed by atoms with Gasteiger partial charge in [0.05, 0.1) is 19.3 Å². The third-order valence-electron chi connectivity index (χ3n) is 5.92. The monoisotopic (exact) mass is 465 g/mol. The number of aromatic hydroxyl groups is 1. The maximum absolute atomic E-state index is 13.3. The SMILES string of the molecule is CCCCOc1ccc(C2c3c(-c4ccccc4O)n[nH]c3C(=O)N2CCCO)cc1OCC. The number of aliphatic hydroxyl groups excluding tert-OH is 1. The number of ether oxygens (including phenoxy) is 2. The molecule has 2 aromatic carbocycles. The Hall–Kier alpha value is -3.52. The van der Waals surface area contributed by atoms with Gasteiger partial charge in [-0.25, -0.2) is 0 Å². The van der Waals surface area contributed by atoms with E-state index in [1.54, 1.807) is 23.1 Å². The van der Waals surface area contributed by atoms with Crippen LogP contribution in [0.3, 0.4) is 0 Å². The largest absolute Gasteiger partial charge is 0.507 e. The summed E-state index contributed by atoms with van der Waals surface area (Å²) in [5.74, 6) is 1.18. The molecule has 1 aliphatic rings. The predicted octanol–water partition coefficient (Wildman–Crippen LogP) is 4.29. The minimum atomic E-state index is -0.452. The van der Waals surface area contributed by atoms with Crippen molar-refractivity contribution in [1.29, 1.82) is 0 Å². The van der Waals surface area contributed by atoms with Crippen molar-refractivity contribution in [2.75, 3.05) is 26.4 Å². The molecule has 0 saturated heterocycles. The zero-order chi connectivity index (χ0) is 24.1. The van der Waals surface area contributed by atoms with E-state index in [-0.39, 0.29) is 18.3 Å². The van der Waals surface area contributed by atoms with Crippen molar-refractivity contribution in [2.45, 2.75) is 39.2 Å². The van der Waals surface area contributed by atoms with Gasteiger partial charge in [0, 0.05) is 24.3 Å². The number of aromatic amines is 1. The average molecular weight is 466 g/mol. The predicted molar refractivity (Wildman–Crippen MR) is 128 cm³/mol. The lowest BCUT2D eigenvalue weighted by molar-refractivity contribution is 0.0732. The van der Waals surface area contributed by atoms with Crippen molar-refractivity contribution in [3.63, 3.8) is 0 Å². The van der Waals surface area contributed by atoms with Gasteiger partial charge in [-0.1, -0.05) is 31.5 Å². The summed E-state index contributed by atoms with van der Waals surface area (Å²) in [6, 6.07) is 12.2. The highest BCUT2D eigenvalue weighted by atomic mass is 16.5. The Kier molecular flexibility index (Phi) is 7.37. The molecule has 0 fully saturated rings. The van der Waals surface area contributed by atoms with Gasteiger partial charge in [0.15, 0.2) is 11.5 Å². The van der Waals surface area contributed by atoms with E-state index in [0.29, 0.717) is 60.2 Å². The molecule has 1 aliphatic heterocycles. The maximum atomic E-state index is 13.3. The Labute approximate surface area is 199 Å². The van der Waals surface area contributed by atoms with Crippen LogP contribution in [0, 0.1) is 0 Å². The number of phenolic OH excluding ortho intramolecular Hbond substituents is 1. The number of hydrogen-bond acceptors (Lipinski definition) is 6. The number of phenols is 1. The molecule has 0 bridgehead atoms. The Morgan fingerprint density at radius 3 is 2.65 bits per heavy atom. The Bertz CT molecular complexity index is 1140.